The monoisotopic (exact) mass is 438 g/mol. The predicted octanol–water partition coefficient (Wildman–Crippen LogP) is 3.30. The van der Waals surface area contributed by atoms with Crippen molar-refractivity contribution in [3.63, 3.8) is 0 Å². The summed E-state index contributed by atoms with van der Waals surface area (Å²) in [5.74, 6) is -0.345. The van der Waals surface area contributed by atoms with E-state index >= 15 is 0 Å². The molecule has 1 amide bonds. The summed E-state index contributed by atoms with van der Waals surface area (Å²) in [4.78, 5) is 35.1. The molecule has 1 aromatic carbocycles. The Hall–Kier alpha value is -3.62. The van der Waals surface area contributed by atoms with Gasteiger partial charge in [-0.2, -0.15) is 4.98 Å². The van der Waals surface area contributed by atoms with E-state index < -0.39 is 5.82 Å². The summed E-state index contributed by atoms with van der Waals surface area (Å²) >= 11 is 0. The molecule has 8 nitrogen and oxygen atoms in total. The van der Waals surface area contributed by atoms with Crippen LogP contribution < -0.4 is 0 Å². The number of amides is 1. The van der Waals surface area contributed by atoms with Crippen LogP contribution in [0.5, 0.6) is 0 Å². The highest BCUT2D eigenvalue weighted by molar-refractivity contribution is 5.94. The Kier molecular flexibility index (Phi) is 6.84. The normalized spacial score (nSPS) is 16.0. The molecule has 1 aliphatic heterocycles. The minimum absolute atomic E-state index is 0.205. The third kappa shape index (κ3) is 5.35. The first-order chi connectivity index (χ1) is 15.6. The van der Waals surface area contributed by atoms with Gasteiger partial charge >= 0.3 is 5.97 Å². The summed E-state index contributed by atoms with van der Waals surface area (Å²) in [6.07, 6.45) is 5.75. The van der Waals surface area contributed by atoms with Crippen molar-refractivity contribution in [3.05, 3.63) is 66.1 Å². The lowest BCUT2D eigenvalue weighted by Crippen LogP contribution is -2.42. The number of aromatic nitrogens is 3. The Bertz CT molecular complexity index is 1060. The highest BCUT2D eigenvalue weighted by Gasteiger charge is 2.30. The van der Waals surface area contributed by atoms with Crippen LogP contribution in [0.1, 0.15) is 35.5 Å². The fraction of sp³-hybridized carbons (Fsp3) is 0.348. The van der Waals surface area contributed by atoms with Crippen LogP contribution in [0.2, 0.25) is 0 Å². The van der Waals surface area contributed by atoms with Gasteiger partial charge in [0.2, 0.25) is 11.7 Å². The molecule has 3 heterocycles. The third-order valence-electron chi connectivity index (χ3n) is 5.30. The second kappa shape index (κ2) is 10.1. The Morgan fingerprint density at radius 2 is 2.06 bits per heavy atom. The number of carbonyl (C=O) groups excluding carboxylic acids is 2. The SMILES string of the molecule is O=C(OCCCc1nc(-c2cccnc2)no1)C1CCCN(C(=O)c2ccc(F)cc2)C1. The van der Waals surface area contributed by atoms with E-state index in [0.29, 0.717) is 56.1 Å². The van der Waals surface area contributed by atoms with Crippen molar-refractivity contribution in [2.75, 3.05) is 19.7 Å². The van der Waals surface area contributed by atoms with Crippen LogP contribution in [0, 0.1) is 11.7 Å². The summed E-state index contributed by atoms with van der Waals surface area (Å²) < 4.78 is 23.7. The average molecular weight is 438 g/mol. The number of aryl methyl sites for hydroxylation is 1. The number of halogens is 1. The fourth-order valence-electron chi connectivity index (χ4n) is 3.61. The molecule has 1 atom stereocenters. The van der Waals surface area contributed by atoms with Gasteiger partial charge in [-0.25, -0.2) is 4.39 Å². The van der Waals surface area contributed by atoms with Crippen LogP contribution in [0.25, 0.3) is 11.4 Å². The van der Waals surface area contributed by atoms with Crippen molar-refractivity contribution in [1.29, 1.82) is 0 Å². The first kappa shape index (κ1) is 21.6. The standard InChI is InChI=1S/C23H23FN4O4/c24-19-9-7-16(8-10-19)22(29)28-12-2-5-18(15-28)23(30)31-13-3-6-20-26-21(27-32-20)17-4-1-11-25-14-17/h1,4,7-11,14,18H,2-3,5-6,12-13,15H2. The van der Waals surface area contributed by atoms with E-state index in [0.717, 1.165) is 5.56 Å². The van der Waals surface area contributed by atoms with Gasteiger partial charge in [0.05, 0.1) is 12.5 Å². The second-order valence-corrected chi connectivity index (χ2v) is 7.62. The number of esters is 1. The van der Waals surface area contributed by atoms with Crippen molar-refractivity contribution in [2.24, 2.45) is 5.92 Å². The van der Waals surface area contributed by atoms with Gasteiger partial charge in [0.1, 0.15) is 5.82 Å². The first-order valence-corrected chi connectivity index (χ1v) is 10.5. The van der Waals surface area contributed by atoms with Crippen LogP contribution in [0.4, 0.5) is 4.39 Å². The van der Waals surface area contributed by atoms with Gasteiger partial charge in [0, 0.05) is 43.0 Å². The van der Waals surface area contributed by atoms with Gasteiger partial charge in [0.15, 0.2) is 0 Å². The number of piperidine rings is 1. The largest absolute Gasteiger partial charge is 0.465 e. The Balaban J connectivity index is 1.22. The molecule has 1 unspecified atom stereocenters. The van der Waals surface area contributed by atoms with Crippen LogP contribution in [-0.2, 0) is 16.0 Å². The first-order valence-electron chi connectivity index (χ1n) is 10.5. The van der Waals surface area contributed by atoms with Crippen molar-refractivity contribution in [2.45, 2.75) is 25.7 Å². The topological polar surface area (TPSA) is 98.4 Å². The van der Waals surface area contributed by atoms with E-state index in [2.05, 4.69) is 15.1 Å². The molecular weight excluding hydrogens is 415 g/mol. The van der Waals surface area contributed by atoms with Crippen molar-refractivity contribution in [3.8, 4) is 11.4 Å². The summed E-state index contributed by atoms with van der Waals surface area (Å²) in [5, 5.41) is 3.94. The molecule has 1 saturated heterocycles. The second-order valence-electron chi connectivity index (χ2n) is 7.62. The average Bonchev–Trinajstić information content (AvgIpc) is 3.31. The Morgan fingerprint density at radius 1 is 1.22 bits per heavy atom. The van der Waals surface area contributed by atoms with Gasteiger partial charge in [-0.05, 0) is 55.7 Å². The molecule has 1 aliphatic rings. The number of rotatable bonds is 7. The van der Waals surface area contributed by atoms with Crippen molar-refractivity contribution >= 4 is 11.9 Å². The molecule has 32 heavy (non-hydrogen) atoms. The molecule has 3 aromatic rings. The lowest BCUT2D eigenvalue weighted by Gasteiger charge is -2.31. The van der Waals surface area contributed by atoms with E-state index in [1.54, 1.807) is 23.4 Å². The summed E-state index contributed by atoms with van der Waals surface area (Å²) in [6.45, 7) is 1.09. The molecule has 0 aliphatic carbocycles. The van der Waals surface area contributed by atoms with Crippen molar-refractivity contribution in [1.82, 2.24) is 20.0 Å². The molecule has 166 valence electrons. The number of nitrogens with zero attached hydrogens (tertiary/aromatic N) is 4. The molecule has 0 spiro atoms. The molecule has 2 aromatic heterocycles. The van der Waals surface area contributed by atoms with Gasteiger partial charge < -0.3 is 14.2 Å². The zero-order chi connectivity index (χ0) is 22.3. The number of pyridine rings is 1. The van der Waals surface area contributed by atoms with Gasteiger partial charge in [-0.1, -0.05) is 5.16 Å². The van der Waals surface area contributed by atoms with E-state index in [1.807, 2.05) is 6.07 Å². The van der Waals surface area contributed by atoms with E-state index in [-0.39, 0.29) is 24.4 Å². The molecule has 0 radical (unpaired) electrons. The molecule has 1 fully saturated rings. The molecule has 0 saturated carbocycles. The lowest BCUT2D eigenvalue weighted by atomic mass is 9.97. The third-order valence-corrected chi connectivity index (χ3v) is 5.30. The summed E-state index contributed by atoms with van der Waals surface area (Å²) in [7, 11) is 0. The zero-order valence-corrected chi connectivity index (χ0v) is 17.4. The molecule has 0 bridgehead atoms. The quantitative estimate of drug-likeness (QED) is 0.412. The van der Waals surface area contributed by atoms with Crippen LogP contribution >= 0.6 is 0 Å². The Morgan fingerprint density at radius 3 is 2.84 bits per heavy atom. The Labute approximate surface area is 184 Å². The predicted molar refractivity (Wildman–Crippen MR) is 112 cm³/mol. The van der Waals surface area contributed by atoms with E-state index in [4.69, 9.17) is 9.26 Å². The molecular formula is C23H23FN4O4. The number of benzene rings is 1. The van der Waals surface area contributed by atoms with Gasteiger partial charge in [-0.15, -0.1) is 0 Å². The smallest absolute Gasteiger partial charge is 0.310 e. The highest BCUT2D eigenvalue weighted by Crippen LogP contribution is 2.20. The van der Waals surface area contributed by atoms with Gasteiger partial charge in [0.25, 0.3) is 5.91 Å². The van der Waals surface area contributed by atoms with Crippen LogP contribution in [0.15, 0.2) is 53.3 Å². The maximum atomic E-state index is 13.1. The number of carbonyl (C=O) groups is 2. The minimum Gasteiger partial charge on any atom is -0.465 e. The molecule has 4 rings (SSSR count). The van der Waals surface area contributed by atoms with E-state index in [1.165, 1.54) is 24.3 Å². The van der Waals surface area contributed by atoms with Crippen LogP contribution in [0.3, 0.4) is 0 Å². The zero-order valence-electron chi connectivity index (χ0n) is 17.4. The number of ether oxygens (including phenoxy) is 1. The highest BCUT2D eigenvalue weighted by atomic mass is 19.1. The maximum absolute atomic E-state index is 13.1. The minimum atomic E-state index is -0.393. The van der Waals surface area contributed by atoms with Crippen molar-refractivity contribution < 1.29 is 23.2 Å². The number of hydrogen-bond donors (Lipinski definition) is 0. The fourth-order valence-corrected chi connectivity index (χ4v) is 3.61. The lowest BCUT2D eigenvalue weighted by molar-refractivity contribution is -0.150. The molecule has 0 N–H and O–H groups in total. The van der Waals surface area contributed by atoms with E-state index in [9.17, 15) is 14.0 Å². The summed E-state index contributed by atoms with van der Waals surface area (Å²) in [6, 6.07) is 9.06. The molecule has 9 heteroatoms. The maximum Gasteiger partial charge on any atom is 0.310 e. The summed E-state index contributed by atoms with van der Waals surface area (Å²) in [5.41, 5.74) is 1.18. The van der Waals surface area contributed by atoms with Crippen LogP contribution in [-0.4, -0.2) is 51.6 Å². The number of likely N-dealkylation sites (tertiary alicyclic amines) is 1. The van der Waals surface area contributed by atoms with Gasteiger partial charge in [-0.3, -0.25) is 14.6 Å². The number of hydrogen-bond acceptors (Lipinski definition) is 7.